The summed E-state index contributed by atoms with van der Waals surface area (Å²) in [7, 11) is 0. The highest BCUT2D eigenvalue weighted by molar-refractivity contribution is 9.10. The lowest BCUT2D eigenvalue weighted by Crippen LogP contribution is -2.29. The molecule has 18 heavy (non-hydrogen) atoms. The van der Waals surface area contributed by atoms with Gasteiger partial charge in [-0.25, -0.2) is 4.39 Å². The fraction of sp³-hybridized carbons (Fsp3) is 0.462. The highest BCUT2D eigenvalue weighted by atomic mass is 79.9. The summed E-state index contributed by atoms with van der Waals surface area (Å²) in [6.45, 7) is 1.53. The Morgan fingerprint density at radius 2 is 2.28 bits per heavy atom. The molecule has 5 heteroatoms. The van der Waals surface area contributed by atoms with Crippen molar-refractivity contribution in [3.63, 3.8) is 0 Å². The maximum absolute atomic E-state index is 13.2. The summed E-state index contributed by atoms with van der Waals surface area (Å²) in [6.07, 6.45) is 2.11. The number of carbonyl (C=O) groups excluding carboxylic acids is 1. The van der Waals surface area contributed by atoms with Gasteiger partial charge in [-0.2, -0.15) is 0 Å². The Hall–Kier alpha value is -0.420. The Labute approximate surface area is 123 Å². The molecule has 0 bridgehead atoms. The lowest BCUT2D eigenvalue weighted by molar-refractivity contribution is 0.0785. The minimum absolute atomic E-state index is 0.0848. The van der Waals surface area contributed by atoms with Crippen LogP contribution in [0.25, 0.3) is 0 Å². The fourth-order valence-corrected chi connectivity index (χ4v) is 3.30. The van der Waals surface area contributed by atoms with Gasteiger partial charge in [0.15, 0.2) is 0 Å². The second-order valence-corrected chi connectivity index (χ2v) is 6.16. The zero-order valence-corrected chi connectivity index (χ0v) is 13.0. The largest absolute Gasteiger partial charge is 0.338 e. The first kappa shape index (κ1) is 14.0. The first-order valence-corrected chi connectivity index (χ1v) is 7.83. The van der Waals surface area contributed by atoms with Crippen LogP contribution in [-0.2, 0) is 0 Å². The maximum Gasteiger partial charge on any atom is 0.255 e. The molecule has 0 saturated carbocycles. The molecule has 2 nitrogen and oxygen atoms in total. The van der Waals surface area contributed by atoms with Crippen LogP contribution < -0.4 is 0 Å². The Balaban J connectivity index is 2.10. The van der Waals surface area contributed by atoms with Crippen LogP contribution in [0.4, 0.5) is 4.39 Å². The van der Waals surface area contributed by atoms with E-state index in [4.69, 9.17) is 0 Å². The number of amides is 1. The van der Waals surface area contributed by atoms with Gasteiger partial charge >= 0.3 is 0 Å². The summed E-state index contributed by atoms with van der Waals surface area (Å²) in [5.41, 5.74) is 0.412. The zero-order chi connectivity index (χ0) is 13.1. The molecule has 98 valence electrons. The first-order chi connectivity index (χ1) is 8.61. The van der Waals surface area contributed by atoms with Gasteiger partial charge in [0.05, 0.1) is 5.56 Å². The van der Waals surface area contributed by atoms with E-state index in [2.05, 4.69) is 31.9 Å². The summed E-state index contributed by atoms with van der Waals surface area (Å²) in [5, 5.41) is 0.962. The number of carbonyl (C=O) groups is 1. The average Bonchev–Trinajstić information content (AvgIpc) is 2.80. The number of hydrogen-bond acceptors (Lipinski definition) is 1. The number of halogens is 3. The molecule has 1 saturated heterocycles. The van der Waals surface area contributed by atoms with Crippen molar-refractivity contribution in [2.45, 2.75) is 12.8 Å². The van der Waals surface area contributed by atoms with E-state index in [-0.39, 0.29) is 11.7 Å². The number of likely N-dealkylation sites (tertiary alicyclic amines) is 1. The van der Waals surface area contributed by atoms with Crippen LogP contribution in [0.3, 0.4) is 0 Å². The Bertz CT molecular complexity index is 453. The molecule has 1 unspecified atom stereocenters. The summed E-state index contributed by atoms with van der Waals surface area (Å²) in [4.78, 5) is 14.1. The predicted molar refractivity (Wildman–Crippen MR) is 76.5 cm³/mol. The summed E-state index contributed by atoms with van der Waals surface area (Å²) >= 11 is 6.72. The second kappa shape index (κ2) is 6.15. The molecule has 1 heterocycles. The Kier molecular flexibility index (Phi) is 4.78. The van der Waals surface area contributed by atoms with Crippen LogP contribution in [0.15, 0.2) is 22.7 Å². The Morgan fingerprint density at radius 1 is 1.50 bits per heavy atom. The highest BCUT2D eigenvalue weighted by Crippen LogP contribution is 2.25. The highest BCUT2D eigenvalue weighted by Gasteiger charge is 2.27. The number of alkyl halides is 1. The van der Waals surface area contributed by atoms with E-state index >= 15 is 0 Å². The molecule has 1 aliphatic rings. The van der Waals surface area contributed by atoms with Crippen molar-refractivity contribution in [3.8, 4) is 0 Å². The van der Waals surface area contributed by atoms with Crippen molar-refractivity contribution in [2.24, 2.45) is 5.92 Å². The van der Waals surface area contributed by atoms with Crippen molar-refractivity contribution in [1.29, 1.82) is 0 Å². The van der Waals surface area contributed by atoms with Crippen molar-refractivity contribution < 1.29 is 9.18 Å². The van der Waals surface area contributed by atoms with E-state index < -0.39 is 0 Å². The molecule has 1 amide bonds. The standard InChI is InChI=1S/C13H14Br2FNO/c14-5-3-9-4-6-17(8-9)13(18)11-7-10(16)1-2-12(11)15/h1-2,7,9H,3-6,8H2. The summed E-state index contributed by atoms with van der Waals surface area (Å²) < 4.78 is 13.8. The minimum atomic E-state index is -0.377. The minimum Gasteiger partial charge on any atom is -0.338 e. The molecule has 0 spiro atoms. The van der Waals surface area contributed by atoms with Crippen molar-refractivity contribution in [3.05, 3.63) is 34.1 Å². The third-order valence-electron chi connectivity index (χ3n) is 3.25. The van der Waals surface area contributed by atoms with Gasteiger partial charge in [0, 0.05) is 22.9 Å². The summed E-state index contributed by atoms with van der Waals surface area (Å²) in [6, 6.07) is 4.22. The number of benzene rings is 1. The quantitative estimate of drug-likeness (QED) is 0.732. The second-order valence-electron chi connectivity index (χ2n) is 4.51. The van der Waals surface area contributed by atoms with E-state index in [0.717, 1.165) is 31.3 Å². The third kappa shape index (κ3) is 3.12. The molecule has 0 radical (unpaired) electrons. The van der Waals surface area contributed by atoms with E-state index in [1.54, 1.807) is 6.07 Å². The van der Waals surface area contributed by atoms with Gasteiger partial charge in [-0.15, -0.1) is 0 Å². The molecule has 2 rings (SSSR count). The van der Waals surface area contributed by atoms with Crippen molar-refractivity contribution in [1.82, 2.24) is 4.90 Å². The molecule has 1 aromatic carbocycles. The van der Waals surface area contributed by atoms with Crippen LogP contribution in [-0.4, -0.2) is 29.2 Å². The van der Waals surface area contributed by atoms with Gasteiger partial charge in [-0.1, -0.05) is 15.9 Å². The van der Waals surface area contributed by atoms with Crippen LogP contribution in [0.2, 0.25) is 0 Å². The smallest absolute Gasteiger partial charge is 0.255 e. The molecule has 1 aliphatic heterocycles. The normalized spacial score (nSPS) is 19.3. The van der Waals surface area contributed by atoms with Gasteiger partial charge < -0.3 is 4.90 Å². The maximum atomic E-state index is 13.2. The van der Waals surface area contributed by atoms with E-state index in [9.17, 15) is 9.18 Å². The number of rotatable bonds is 3. The van der Waals surface area contributed by atoms with Crippen LogP contribution in [0, 0.1) is 11.7 Å². The van der Waals surface area contributed by atoms with Crippen LogP contribution in [0.1, 0.15) is 23.2 Å². The Morgan fingerprint density at radius 3 is 3.00 bits per heavy atom. The number of hydrogen-bond donors (Lipinski definition) is 0. The zero-order valence-electron chi connectivity index (χ0n) is 9.83. The topological polar surface area (TPSA) is 20.3 Å². The molecule has 1 aromatic rings. The van der Waals surface area contributed by atoms with E-state index in [0.29, 0.717) is 16.0 Å². The van der Waals surface area contributed by atoms with E-state index in [1.807, 2.05) is 4.90 Å². The van der Waals surface area contributed by atoms with Crippen LogP contribution in [0.5, 0.6) is 0 Å². The van der Waals surface area contributed by atoms with E-state index in [1.165, 1.54) is 12.1 Å². The van der Waals surface area contributed by atoms with Gasteiger partial charge in [-0.05, 0) is 52.9 Å². The van der Waals surface area contributed by atoms with Crippen molar-refractivity contribution >= 4 is 37.8 Å². The lowest BCUT2D eigenvalue weighted by Gasteiger charge is -2.17. The monoisotopic (exact) mass is 377 g/mol. The van der Waals surface area contributed by atoms with Gasteiger partial charge in [0.1, 0.15) is 5.82 Å². The molecule has 0 N–H and O–H groups in total. The van der Waals surface area contributed by atoms with Gasteiger partial charge in [0.2, 0.25) is 0 Å². The molecule has 1 atom stereocenters. The third-order valence-corrected chi connectivity index (χ3v) is 4.40. The van der Waals surface area contributed by atoms with Crippen LogP contribution >= 0.6 is 31.9 Å². The molecular weight excluding hydrogens is 365 g/mol. The summed E-state index contributed by atoms with van der Waals surface area (Å²) in [5.74, 6) is 0.0943. The average molecular weight is 379 g/mol. The molecule has 0 aromatic heterocycles. The number of nitrogens with zero attached hydrogens (tertiary/aromatic N) is 1. The van der Waals surface area contributed by atoms with Gasteiger partial charge in [0.25, 0.3) is 5.91 Å². The first-order valence-electron chi connectivity index (χ1n) is 5.92. The molecular formula is C13H14Br2FNO. The molecule has 1 fully saturated rings. The SMILES string of the molecule is O=C(c1cc(F)ccc1Br)N1CCC(CCBr)C1. The fourth-order valence-electron chi connectivity index (χ4n) is 2.24. The van der Waals surface area contributed by atoms with Gasteiger partial charge in [-0.3, -0.25) is 4.79 Å². The predicted octanol–water partition coefficient (Wildman–Crippen LogP) is 3.84. The van der Waals surface area contributed by atoms with Crippen molar-refractivity contribution in [2.75, 3.05) is 18.4 Å². The lowest BCUT2D eigenvalue weighted by atomic mass is 10.1. The molecule has 0 aliphatic carbocycles.